The van der Waals surface area contributed by atoms with Crippen LogP contribution in [0.25, 0.3) is 11.4 Å². The number of hydrogen-bond donors (Lipinski definition) is 1. The number of benzene rings is 1. The highest BCUT2D eigenvalue weighted by molar-refractivity contribution is 5.99. The van der Waals surface area contributed by atoms with Crippen molar-refractivity contribution in [2.24, 2.45) is 0 Å². The molecule has 27 heavy (non-hydrogen) atoms. The van der Waals surface area contributed by atoms with E-state index in [0.717, 1.165) is 5.56 Å². The maximum Gasteiger partial charge on any atom is 0.471 e. The number of pyridine rings is 1. The van der Waals surface area contributed by atoms with Gasteiger partial charge in [-0.3, -0.25) is 9.78 Å². The van der Waals surface area contributed by atoms with Crippen molar-refractivity contribution in [3.05, 3.63) is 59.2 Å². The zero-order valence-electron chi connectivity index (χ0n) is 13.6. The van der Waals surface area contributed by atoms with Gasteiger partial charge in [0.25, 0.3) is 5.91 Å². The number of carbonyl (C=O) groups is 1. The van der Waals surface area contributed by atoms with E-state index in [0.29, 0.717) is 17.7 Å². The van der Waals surface area contributed by atoms with Crippen LogP contribution in [-0.2, 0) is 19.3 Å². The number of aromatic nitrogens is 3. The summed E-state index contributed by atoms with van der Waals surface area (Å²) in [7, 11) is 0. The lowest BCUT2D eigenvalue weighted by atomic mass is 10.1. The quantitative estimate of drug-likeness (QED) is 0.756. The number of alkyl halides is 3. The summed E-state index contributed by atoms with van der Waals surface area (Å²) in [5.74, 6) is -1.97. The predicted molar refractivity (Wildman–Crippen MR) is 84.2 cm³/mol. The molecule has 3 aromatic rings. The molecule has 1 aliphatic heterocycles. The molecule has 0 saturated heterocycles. The Labute approximate surface area is 150 Å². The molecule has 0 atom stereocenters. The van der Waals surface area contributed by atoms with Crippen molar-refractivity contribution in [3.63, 3.8) is 0 Å². The molecule has 0 bridgehead atoms. The molecule has 10 heteroatoms. The summed E-state index contributed by atoms with van der Waals surface area (Å²) in [6, 6.07) is 6.14. The van der Waals surface area contributed by atoms with Crippen LogP contribution in [0.15, 0.2) is 41.2 Å². The molecule has 0 aliphatic carbocycles. The number of aromatic hydroxyl groups is 1. The Hall–Kier alpha value is -3.43. The first-order valence-electron chi connectivity index (χ1n) is 7.77. The fraction of sp³-hybridized carbons (Fsp3) is 0.176. The normalized spacial score (nSPS) is 13.9. The number of carbonyl (C=O) groups excluding carboxylic acids is 1. The van der Waals surface area contributed by atoms with Gasteiger partial charge in [0.1, 0.15) is 5.75 Å². The van der Waals surface area contributed by atoms with Gasteiger partial charge in [-0.15, -0.1) is 0 Å². The van der Waals surface area contributed by atoms with Crippen LogP contribution in [0.2, 0.25) is 0 Å². The lowest BCUT2D eigenvalue weighted by Gasteiger charge is -2.15. The van der Waals surface area contributed by atoms with Gasteiger partial charge in [0.15, 0.2) is 0 Å². The molecule has 2 aromatic heterocycles. The molecule has 138 valence electrons. The van der Waals surface area contributed by atoms with Crippen molar-refractivity contribution in [2.75, 3.05) is 0 Å². The first-order valence-corrected chi connectivity index (χ1v) is 7.77. The number of nitrogens with zero attached hydrogens (tertiary/aromatic N) is 4. The Balaban J connectivity index is 1.59. The Bertz CT molecular complexity index is 1030. The zero-order chi connectivity index (χ0) is 19.2. The molecular weight excluding hydrogens is 365 g/mol. The van der Waals surface area contributed by atoms with Gasteiger partial charge in [0.2, 0.25) is 5.82 Å². The average molecular weight is 376 g/mol. The van der Waals surface area contributed by atoms with Crippen LogP contribution in [-0.4, -0.2) is 31.0 Å². The lowest BCUT2D eigenvalue weighted by molar-refractivity contribution is -0.159. The van der Waals surface area contributed by atoms with E-state index in [1.807, 2.05) is 0 Å². The Morgan fingerprint density at radius 1 is 1.22 bits per heavy atom. The number of amides is 1. The standard InChI is InChI=1S/C17H11F3N4O3/c18-17(19,20)16-22-14(23-27-16)10-1-2-11-8-24(15(26)13(11)4-10)7-9-3-12(25)6-21-5-9/h1-6,25H,7-8H2. The van der Waals surface area contributed by atoms with Crippen LogP contribution < -0.4 is 0 Å². The van der Waals surface area contributed by atoms with Gasteiger partial charge in [-0.1, -0.05) is 17.3 Å². The maximum atomic E-state index is 12.6. The number of fused-ring (bicyclic) bond motifs is 1. The summed E-state index contributed by atoms with van der Waals surface area (Å²) < 4.78 is 42.0. The summed E-state index contributed by atoms with van der Waals surface area (Å²) in [5, 5.41) is 12.8. The molecular formula is C17H11F3N4O3. The molecule has 1 aliphatic rings. The second-order valence-corrected chi connectivity index (χ2v) is 6.01. The Morgan fingerprint density at radius 3 is 2.74 bits per heavy atom. The summed E-state index contributed by atoms with van der Waals surface area (Å²) in [5.41, 5.74) is 2.00. The number of rotatable bonds is 3. The molecule has 4 rings (SSSR count). The van der Waals surface area contributed by atoms with Crippen molar-refractivity contribution in [3.8, 4) is 17.1 Å². The minimum Gasteiger partial charge on any atom is -0.506 e. The summed E-state index contributed by atoms with van der Waals surface area (Å²) in [6.07, 6.45) is -1.90. The molecule has 0 unspecified atom stereocenters. The minimum absolute atomic E-state index is 0.00322. The molecule has 1 aromatic carbocycles. The topological polar surface area (TPSA) is 92.4 Å². The zero-order valence-corrected chi connectivity index (χ0v) is 13.6. The van der Waals surface area contributed by atoms with Gasteiger partial charge in [-0.05, 0) is 23.3 Å². The summed E-state index contributed by atoms with van der Waals surface area (Å²) >= 11 is 0. The summed E-state index contributed by atoms with van der Waals surface area (Å²) in [6.45, 7) is 0.578. The SMILES string of the molecule is O=C1c2cc(-c3noc(C(F)(F)F)n3)ccc2CN1Cc1cncc(O)c1. The van der Waals surface area contributed by atoms with Crippen molar-refractivity contribution in [1.82, 2.24) is 20.0 Å². The Kier molecular flexibility index (Phi) is 3.83. The van der Waals surface area contributed by atoms with Gasteiger partial charge in [-0.2, -0.15) is 18.2 Å². The molecule has 0 saturated carbocycles. The van der Waals surface area contributed by atoms with Crippen molar-refractivity contribution < 1.29 is 27.6 Å². The van der Waals surface area contributed by atoms with Crippen LogP contribution in [0.1, 0.15) is 27.4 Å². The van der Waals surface area contributed by atoms with E-state index in [4.69, 9.17) is 0 Å². The van der Waals surface area contributed by atoms with Crippen LogP contribution in [0, 0.1) is 0 Å². The molecule has 7 nitrogen and oxygen atoms in total. The van der Waals surface area contributed by atoms with Crippen molar-refractivity contribution in [2.45, 2.75) is 19.3 Å². The highest BCUT2D eigenvalue weighted by Gasteiger charge is 2.38. The molecule has 0 fully saturated rings. The summed E-state index contributed by atoms with van der Waals surface area (Å²) in [4.78, 5) is 21.4. The van der Waals surface area contributed by atoms with E-state index in [2.05, 4.69) is 19.6 Å². The largest absolute Gasteiger partial charge is 0.506 e. The molecule has 3 heterocycles. The van der Waals surface area contributed by atoms with Crippen LogP contribution in [0.3, 0.4) is 0 Å². The number of hydrogen-bond acceptors (Lipinski definition) is 6. The molecule has 1 amide bonds. The molecule has 0 spiro atoms. The van der Waals surface area contributed by atoms with E-state index < -0.39 is 12.1 Å². The van der Waals surface area contributed by atoms with E-state index in [-0.39, 0.29) is 29.6 Å². The third kappa shape index (κ3) is 3.21. The van der Waals surface area contributed by atoms with E-state index in [9.17, 15) is 23.1 Å². The first-order chi connectivity index (χ1) is 12.8. The molecule has 1 N–H and O–H groups in total. The van der Waals surface area contributed by atoms with Gasteiger partial charge >= 0.3 is 12.1 Å². The second kappa shape index (κ2) is 6.08. The predicted octanol–water partition coefficient (Wildman–Crippen LogP) is 3.01. The fourth-order valence-corrected chi connectivity index (χ4v) is 2.86. The third-order valence-corrected chi connectivity index (χ3v) is 4.07. The van der Waals surface area contributed by atoms with Gasteiger partial charge in [0.05, 0.1) is 6.20 Å². The van der Waals surface area contributed by atoms with E-state index in [1.54, 1.807) is 17.2 Å². The van der Waals surface area contributed by atoms with Gasteiger partial charge in [-0.25, -0.2) is 0 Å². The van der Waals surface area contributed by atoms with Crippen LogP contribution in [0.5, 0.6) is 5.75 Å². The van der Waals surface area contributed by atoms with E-state index in [1.165, 1.54) is 24.4 Å². The lowest BCUT2D eigenvalue weighted by Crippen LogP contribution is -2.23. The van der Waals surface area contributed by atoms with Crippen LogP contribution in [0.4, 0.5) is 13.2 Å². The highest BCUT2D eigenvalue weighted by atomic mass is 19.4. The highest BCUT2D eigenvalue weighted by Crippen LogP contribution is 2.32. The van der Waals surface area contributed by atoms with E-state index >= 15 is 0 Å². The van der Waals surface area contributed by atoms with Crippen molar-refractivity contribution >= 4 is 5.91 Å². The van der Waals surface area contributed by atoms with Gasteiger partial charge in [0, 0.05) is 30.4 Å². The van der Waals surface area contributed by atoms with Gasteiger partial charge < -0.3 is 14.5 Å². The Morgan fingerprint density at radius 2 is 2.04 bits per heavy atom. The minimum atomic E-state index is -4.73. The fourth-order valence-electron chi connectivity index (χ4n) is 2.86. The third-order valence-electron chi connectivity index (χ3n) is 4.07. The molecule has 0 radical (unpaired) electrons. The smallest absolute Gasteiger partial charge is 0.471 e. The second-order valence-electron chi connectivity index (χ2n) is 6.01. The average Bonchev–Trinajstić information content (AvgIpc) is 3.21. The van der Waals surface area contributed by atoms with Crippen molar-refractivity contribution in [1.29, 1.82) is 0 Å². The number of halogens is 3. The maximum absolute atomic E-state index is 12.6. The van der Waals surface area contributed by atoms with Crippen LogP contribution >= 0.6 is 0 Å². The monoisotopic (exact) mass is 376 g/mol. The first kappa shape index (κ1) is 17.0.